The molecule has 0 amide bonds. The van der Waals surface area contributed by atoms with Gasteiger partial charge in [-0.15, -0.1) is 10.2 Å². The van der Waals surface area contributed by atoms with Crippen molar-refractivity contribution in [2.75, 3.05) is 11.0 Å². The van der Waals surface area contributed by atoms with Gasteiger partial charge >= 0.3 is 0 Å². The Morgan fingerprint density at radius 3 is 2.29 bits per heavy atom. The van der Waals surface area contributed by atoms with E-state index in [9.17, 15) is 16.8 Å². The molecule has 7 nitrogen and oxygen atoms in total. The normalized spacial score (nSPS) is 12.0. The number of nitrogens with one attached hydrogen (secondary N) is 1. The van der Waals surface area contributed by atoms with Gasteiger partial charge in [-0.3, -0.25) is 4.72 Å². The number of nitrogens with zero attached hydrogens (tertiary/aromatic N) is 2. The lowest BCUT2D eigenvalue weighted by Gasteiger charge is -2.11. The Hall–Kier alpha value is -2.20. The fourth-order valence-electron chi connectivity index (χ4n) is 2.31. The first-order valence-corrected chi connectivity index (χ1v) is 11.8. The number of rotatable bonds is 5. The summed E-state index contributed by atoms with van der Waals surface area (Å²) in [5.41, 5.74) is 1.20. The number of aromatic nitrogens is 2. The SMILES string of the molecule is CS(=O)(=O)c1ccc(-c2cccc(NS(=O)(=O)c3cc(Cl)ccc3Cl)c2)nn1. The van der Waals surface area contributed by atoms with Crippen LogP contribution in [0.15, 0.2) is 64.5 Å². The summed E-state index contributed by atoms with van der Waals surface area (Å²) in [5.74, 6) is 0. The fourth-order valence-corrected chi connectivity index (χ4v) is 4.62. The van der Waals surface area contributed by atoms with Gasteiger partial charge in [0.15, 0.2) is 14.9 Å². The number of hydrogen-bond acceptors (Lipinski definition) is 6. The van der Waals surface area contributed by atoms with Gasteiger partial charge in [0.25, 0.3) is 10.0 Å². The molecule has 28 heavy (non-hydrogen) atoms. The molecule has 0 radical (unpaired) electrons. The maximum atomic E-state index is 12.6. The van der Waals surface area contributed by atoms with Gasteiger partial charge in [0.05, 0.1) is 10.7 Å². The maximum Gasteiger partial charge on any atom is 0.263 e. The van der Waals surface area contributed by atoms with E-state index in [1.54, 1.807) is 24.3 Å². The molecule has 3 rings (SSSR count). The molecular formula is C17H13Cl2N3O4S2. The number of benzene rings is 2. The quantitative estimate of drug-likeness (QED) is 0.626. The molecule has 2 aromatic carbocycles. The van der Waals surface area contributed by atoms with Crippen LogP contribution in [-0.2, 0) is 19.9 Å². The molecule has 0 bridgehead atoms. The third-order valence-corrected chi connectivity index (χ3v) is 6.69. The van der Waals surface area contributed by atoms with Gasteiger partial charge in [-0.25, -0.2) is 16.8 Å². The number of sulfonamides is 1. The molecule has 146 valence electrons. The minimum Gasteiger partial charge on any atom is -0.280 e. The average molecular weight is 458 g/mol. The molecule has 1 N–H and O–H groups in total. The van der Waals surface area contributed by atoms with Crippen LogP contribution in [0.3, 0.4) is 0 Å². The third kappa shape index (κ3) is 4.61. The number of anilines is 1. The molecule has 0 atom stereocenters. The van der Waals surface area contributed by atoms with Gasteiger partial charge in [0.2, 0.25) is 0 Å². The Bertz CT molecular complexity index is 1250. The van der Waals surface area contributed by atoms with Crippen LogP contribution in [0.5, 0.6) is 0 Å². The summed E-state index contributed by atoms with van der Waals surface area (Å²) in [6, 6.07) is 13.4. The molecule has 0 unspecified atom stereocenters. The highest BCUT2D eigenvalue weighted by molar-refractivity contribution is 7.92. The Balaban J connectivity index is 1.92. The van der Waals surface area contributed by atoms with Crippen LogP contribution < -0.4 is 4.72 Å². The van der Waals surface area contributed by atoms with Gasteiger partial charge in [-0.1, -0.05) is 35.3 Å². The Kier molecular flexibility index (Phi) is 5.62. The first-order valence-electron chi connectivity index (χ1n) is 7.68. The summed E-state index contributed by atoms with van der Waals surface area (Å²) >= 11 is 11.8. The van der Waals surface area contributed by atoms with Crippen LogP contribution in [0.4, 0.5) is 5.69 Å². The van der Waals surface area contributed by atoms with Gasteiger partial charge in [-0.05, 0) is 42.5 Å². The number of hydrogen-bond donors (Lipinski definition) is 1. The first kappa shape index (κ1) is 20.5. The standard InChI is InChI=1S/C17H13Cl2N3O4S2/c1-27(23,24)17-8-7-15(20-21-17)11-3-2-4-13(9-11)22-28(25,26)16-10-12(18)5-6-14(16)19/h2-10,22H,1H3. The highest BCUT2D eigenvalue weighted by Gasteiger charge is 2.19. The molecular weight excluding hydrogens is 445 g/mol. The van der Waals surface area contributed by atoms with Crippen molar-refractivity contribution in [3.8, 4) is 11.3 Å². The van der Waals surface area contributed by atoms with E-state index in [2.05, 4.69) is 14.9 Å². The fraction of sp³-hybridized carbons (Fsp3) is 0.0588. The minimum absolute atomic E-state index is 0.0373. The van der Waals surface area contributed by atoms with E-state index in [0.717, 1.165) is 6.26 Å². The minimum atomic E-state index is -3.97. The summed E-state index contributed by atoms with van der Waals surface area (Å²) in [7, 11) is -7.43. The van der Waals surface area contributed by atoms with Crippen LogP contribution in [0.2, 0.25) is 10.0 Å². The van der Waals surface area contributed by atoms with Crippen molar-refractivity contribution in [3.05, 3.63) is 64.6 Å². The number of sulfone groups is 1. The molecule has 11 heteroatoms. The second-order valence-corrected chi connectivity index (χ2v) is 10.2. The summed E-state index contributed by atoms with van der Waals surface area (Å²) < 4.78 is 50.6. The highest BCUT2D eigenvalue weighted by atomic mass is 35.5. The monoisotopic (exact) mass is 457 g/mol. The van der Waals surface area contributed by atoms with Crippen molar-refractivity contribution in [1.82, 2.24) is 10.2 Å². The number of halogens is 2. The average Bonchev–Trinajstić information content (AvgIpc) is 2.63. The lowest BCUT2D eigenvalue weighted by atomic mass is 10.1. The summed E-state index contributed by atoms with van der Waals surface area (Å²) in [6.07, 6.45) is 1.03. The van der Waals surface area contributed by atoms with Crippen molar-refractivity contribution in [3.63, 3.8) is 0 Å². The van der Waals surface area contributed by atoms with Gasteiger partial charge in [0, 0.05) is 22.5 Å². The van der Waals surface area contributed by atoms with Crippen LogP contribution in [0.1, 0.15) is 0 Å². The zero-order valence-corrected chi connectivity index (χ0v) is 17.4. The Morgan fingerprint density at radius 2 is 1.64 bits per heavy atom. The van der Waals surface area contributed by atoms with Crippen LogP contribution in [-0.4, -0.2) is 33.3 Å². The Labute approximate surface area is 172 Å². The molecule has 0 spiro atoms. The molecule has 1 heterocycles. The van der Waals surface area contributed by atoms with Crippen molar-refractivity contribution >= 4 is 48.7 Å². The topological polar surface area (TPSA) is 106 Å². The van der Waals surface area contributed by atoms with Gasteiger partial charge < -0.3 is 0 Å². The van der Waals surface area contributed by atoms with E-state index in [-0.39, 0.29) is 25.7 Å². The lowest BCUT2D eigenvalue weighted by Crippen LogP contribution is -2.13. The van der Waals surface area contributed by atoms with Gasteiger partial charge in [-0.2, -0.15) is 0 Å². The van der Waals surface area contributed by atoms with Crippen molar-refractivity contribution in [1.29, 1.82) is 0 Å². The highest BCUT2D eigenvalue weighted by Crippen LogP contribution is 2.28. The van der Waals surface area contributed by atoms with E-state index in [0.29, 0.717) is 11.3 Å². The predicted octanol–water partition coefficient (Wildman–Crippen LogP) is 3.65. The van der Waals surface area contributed by atoms with E-state index < -0.39 is 19.9 Å². The molecule has 0 fully saturated rings. The van der Waals surface area contributed by atoms with Crippen molar-refractivity contribution in [2.24, 2.45) is 0 Å². The zero-order valence-electron chi connectivity index (χ0n) is 14.3. The van der Waals surface area contributed by atoms with Crippen molar-refractivity contribution < 1.29 is 16.8 Å². The summed E-state index contributed by atoms with van der Waals surface area (Å²) in [5, 5.41) is 7.71. The lowest BCUT2D eigenvalue weighted by molar-refractivity contribution is 0.595. The molecule has 0 saturated heterocycles. The van der Waals surface area contributed by atoms with E-state index in [1.165, 1.54) is 30.3 Å². The molecule has 0 aliphatic heterocycles. The van der Waals surface area contributed by atoms with Gasteiger partial charge in [0.1, 0.15) is 4.90 Å². The summed E-state index contributed by atoms with van der Waals surface area (Å²) in [4.78, 5) is -0.149. The van der Waals surface area contributed by atoms with E-state index in [4.69, 9.17) is 23.2 Å². The predicted molar refractivity (Wildman–Crippen MR) is 108 cm³/mol. The van der Waals surface area contributed by atoms with Crippen molar-refractivity contribution in [2.45, 2.75) is 9.92 Å². The second-order valence-electron chi connectivity index (χ2n) is 5.79. The third-order valence-electron chi connectivity index (χ3n) is 3.61. The Morgan fingerprint density at radius 1 is 0.893 bits per heavy atom. The zero-order chi connectivity index (χ0) is 20.5. The first-order chi connectivity index (χ1) is 13.1. The largest absolute Gasteiger partial charge is 0.280 e. The molecule has 0 saturated carbocycles. The smallest absolute Gasteiger partial charge is 0.263 e. The van der Waals surface area contributed by atoms with Crippen LogP contribution in [0.25, 0.3) is 11.3 Å². The molecule has 0 aliphatic rings. The van der Waals surface area contributed by atoms with E-state index in [1.807, 2.05) is 0 Å². The van der Waals surface area contributed by atoms with Crippen LogP contribution >= 0.6 is 23.2 Å². The van der Waals surface area contributed by atoms with Crippen LogP contribution in [0, 0.1) is 0 Å². The summed E-state index contributed by atoms with van der Waals surface area (Å²) in [6.45, 7) is 0. The molecule has 1 aromatic heterocycles. The maximum absolute atomic E-state index is 12.6. The second kappa shape index (κ2) is 7.67. The molecule has 0 aliphatic carbocycles. The molecule has 3 aromatic rings. The van der Waals surface area contributed by atoms with E-state index >= 15 is 0 Å².